The van der Waals surface area contributed by atoms with Crippen LogP contribution in [0.25, 0.3) is 0 Å². The number of benzene rings is 1. The Kier molecular flexibility index (Phi) is 5.11. The van der Waals surface area contributed by atoms with Crippen molar-refractivity contribution in [2.75, 3.05) is 18.1 Å². The number of thioether (sulfide) groups is 1. The molecule has 6 heteroatoms. The maximum absolute atomic E-state index is 10.6. The molecule has 0 fully saturated rings. The van der Waals surface area contributed by atoms with Gasteiger partial charge in [0.2, 0.25) is 0 Å². The van der Waals surface area contributed by atoms with Crippen LogP contribution in [-0.2, 0) is 4.79 Å². The topological polar surface area (TPSA) is 98.6 Å². The Bertz CT molecular complexity index is 398. The maximum atomic E-state index is 10.6. The van der Waals surface area contributed by atoms with E-state index in [0.717, 1.165) is 4.90 Å². The fraction of sp³-hybridized carbons (Fsp3) is 0.364. The number of anilines is 1. The molecule has 5 nitrogen and oxygen atoms in total. The lowest BCUT2D eigenvalue weighted by atomic mass is 10.3. The third kappa shape index (κ3) is 4.16. The van der Waals surface area contributed by atoms with E-state index in [0.29, 0.717) is 18.0 Å². The zero-order valence-electron chi connectivity index (χ0n) is 9.55. The predicted molar refractivity (Wildman–Crippen MR) is 68.4 cm³/mol. The number of rotatable bonds is 6. The Morgan fingerprint density at radius 2 is 2.29 bits per heavy atom. The molecule has 0 aliphatic heterocycles. The second kappa shape index (κ2) is 6.36. The molecule has 0 heterocycles. The molecule has 0 radical (unpaired) electrons. The van der Waals surface area contributed by atoms with Gasteiger partial charge in [0.1, 0.15) is 11.8 Å². The molecular weight excluding hydrogens is 240 g/mol. The van der Waals surface area contributed by atoms with Gasteiger partial charge in [0.05, 0.1) is 6.61 Å². The van der Waals surface area contributed by atoms with Crippen molar-refractivity contribution in [3.05, 3.63) is 18.2 Å². The number of nitrogens with two attached hydrogens (primary N) is 2. The van der Waals surface area contributed by atoms with Crippen LogP contribution in [0.2, 0.25) is 0 Å². The van der Waals surface area contributed by atoms with Gasteiger partial charge in [0, 0.05) is 16.3 Å². The lowest BCUT2D eigenvalue weighted by Gasteiger charge is -2.10. The van der Waals surface area contributed by atoms with Crippen molar-refractivity contribution in [1.82, 2.24) is 0 Å². The van der Waals surface area contributed by atoms with Crippen LogP contribution in [-0.4, -0.2) is 29.5 Å². The van der Waals surface area contributed by atoms with Gasteiger partial charge >= 0.3 is 5.97 Å². The van der Waals surface area contributed by atoms with E-state index < -0.39 is 12.0 Å². The summed E-state index contributed by atoms with van der Waals surface area (Å²) in [7, 11) is 0. The van der Waals surface area contributed by atoms with E-state index in [1.54, 1.807) is 18.2 Å². The zero-order valence-corrected chi connectivity index (χ0v) is 10.4. The van der Waals surface area contributed by atoms with Gasteiger partial charge < -0.3 is 21.3 Å². The van der Waals surface area contributed by atoms with Crippen molar-refractivity contribution in [2.45, 2.75) is 17.9 Å². The van der Waals surface area contributed by atoms with Crippen molar-refractivity contribution in [2.24, 2.45) is 5.73 Å². The summed E-state index contributed by atoms with van der Waals surface area (Å²) in [6.07, 6.45) is 0. The summed E-state index contributed by atoms with van der Waals surface area (Å²) < 4.78 is 5.34. The highest BCUT2D eigenvalue weighted by molar-refractivity contribution is 7.99. The summed E-state index contributed by atoms with van der Waals surface area (Å²) in [4.78, 5) is 11.4. The van der Waals surface area contributed by atoms with Crippen molar-refractivity contribution < 1.29 is 14.6 Å². The number of ether oxygens (including phenoxy) is 1. The highest BCUT2D eigenvalue weighted by Gasteiger charge is 2.12. The molecule has 0 spiro atoms. The van der Waals surface area contributed by atoms with E-state index in [1.165, 1.54) is 11.8 Å². The molecular formula is C11H16N2O3S. The summed E-state index contributed by atoms with van der Waals surface area (Å²) in [5, 5.41) is 8.67. The van der Waals surface area contributed by atoms with E-state index >= 15 is 0 Å². The first-order valence-corrected chi connectivity index (χ1v) is 6.16. The van der Waals surface area contributed by atoms with Gasteiger partial charge in [-0.3, -0.25) is 4.79 Å². The minimum Gasteiger partial charge on any atom is -0.494 e. The zero-order chi connectivity index (χ0) is 12.8. The Morgan fingerprint density at radius 1 is 1.59 bits per heavy atom. The Hall–Kier alpha value is -1.40. The van der Waals surface area contributed by atoms with Crippen LogP contribution in [0, 0.1) is 0 Å². The second-order valence-corrected chi connectivity index (χ2v) is 4.45. The number of aliphatic carboxylic acids is 1. The predicted octanol–water partition coefficient (Wildman–Crippen LogP) is 1.17. The van der Waals surface area contributed by atoms with Crippen LogP contribution < -0.4 is 16.2 Å². The molecule has 1 aromatic carbocycles. The Morgan fingerprint density at radius 3 is 2.88 bits per heavy atom. The van der Waals surface area contributed by atoms with E-state index in [2.05, 4.69) is 0 Å². The molecule has 0 saturated heterocycles. The fourth-order valence-corrected chi connectivity index (χ4v) is 2.08. The normalized spacial score (nSPS) is 12.1. The summed E-state index contributed by atoms with van der Waals surface area (Å²) in [6, 6.07) is 4.41. The highest BCUT2D eigenvalue weighted by atomic mass is 32.2. The third-order valence-corrected chi connectivity index (χ3v) is 3.22. The fourth-order valence-electron chi connectivity index (χ4n) is 1.15. The number of carboxylic acids is 1. The molecule has 1 rings (SSSR count). The molecule has 0 aliphatic carbocycles. The van der Waals surface area contributed by atoms with Crippen LogP contribution in [0.15, 0.2) is 23.1 Å². The SMILES string of the molecule is CCOc1ccc(N)c(SCC(N)C(=O)O)c1. The molecule has 5 N–H and O–H groups in total. The molecule has 17 heavy (non-hydrogen) atoms. The summed E-state index contributed by atoms with van der Waals surface area (Å²) in [6.45, 7) is 2.46. The quantitative estimate of drug-likeness (QED) is 0.522. The molecule has 1 atom stereocenters. The molecule has 1 unspecified atom stereocenters. The number of hydrogen-bond acceptors (Lipinski definition) is 5. The van der Waals surface area contributed by atoms with Crippen LogP contribution >= 0.6 is 11.8 Å². The Balaban J connectivity index is 2.69. The van der Waals surface area contributed by atoms with Crippen LogP contribution in [0.1, 0.15) is 6.92 Å². The van der Waals surface area contributed by atoms with E-state index in [1.807, 2.05) is 6.92 Å². The lowest BCUT2D eigenvalue weighted by Crippen LogP contribution is -2.32. The van der Waals surface area contributed by atoms with Crippen molar-refractivity contribution >= 4 is 23.4 Å². The first-order chi connectivity index (χ1) is 8.04. The van der Waals surface area contributed by atoms with Gasteiger partial charge in [-0.2, -0.15) is 0 Å². The van der Waals surface area contributed by atoms with Gasteiger partial charge in [0.25, 0.3) is 0 Å². The average molecular weight is 256 g/mol. The minimum absolute atomic E-state index is 0.273. The molecule has 0 aromatic heterocycles. The maximum Gasteiger partial charge on any atom is 0.321 e. The van der Waals surface area contributed by atoms with Gasteiger partial charge in [-0.15, -0.1) is 11.8 Å². The van der Waals surface area contributed by atoms with Gasteiger partial charge in [0.15, 0.2) is 0 Å². The van der Waals surface area contributed by atoms with Gasteiger partial charge in [-0.25, -0.2) is 0 Å². The van der Waals surface area contributed by atoms with Crippen LogP contribution in [0.5, 0.6) is 5.75 Å². The molecule has 0 saturated carbocycles. The molecule has 94 valence electrons. The molecule has 0 aliphatic rings. The number of nitrogen functional groups attached to an aromatic ring is 1. The lowest BCUT2D eigenvalue weighted by molar-refractivity contribution is -0.137. The van der Waals surface area contributed by atoms with E-state index in [9.17, 15) is 4.79 Å². The average Bonchev–Trinajstić information content (AvgIpc) is 2.29. The largest absolute Gasteiger partial charge is 0.494 e. The van der Waals surface area contributed by atoms with Crippen LogP contribution in [0.3, 0.4) is 0 Å². The second-order valence-electron chi connectivity index (χ2n) is 3.39. The third-order valence-electron chi connectivity index (χ3n) is 2.03. The van der Waals surface area contributed by atoms with Crippen molar-refractivity contribution in [3.8, 4) is 5.75 Å². The number of hydrogen-bond donors (Lipinski definition) is 3. The monoisotopic (exact) mass is 256 g/mol. The smallest absolute Gasteiger partial charge is 0.321 e. The van der Waals surface area contributed by atoms with Gasteiger partial charge in [-0.1, -0.05) is 0 Å². The summed E-state index contributed by atoms with van der Waals surface area (Å²) >= 11 is 1.31. The number of carboxylic acid groups (broad SMARTS) is 1. The first kappa shape index (κ1) is 13.7. The minimum atomic E-state index is -1.02. The van der Waals surface area contributed by atoms with Crippen LogP contribution in [0.4, 0.5) is 5.69 Å². The molecule has 0 bridgehead atoms. The molecule has 1 aromatic rings. The van der Waals surface area contributed by atoms with Crippen molar-refractivity contribution in [3.63, 3.8) is 0 Å². The standard InChI is InChI=1S/C11H16N2O3S/c1-2-16-7-3-4-8(12)10(5-7)17-6-9(13)11(14)15/h3-5,9H,2,6,12-13H2,1H3,(H,14,15). The summed E-state index contributed by atoms with van der Waals surface area (Å²) in [5.74, 6) is -0.0279. The number of carbonyl (C=O) groups is 1. The highest BCUT2D eigenvalue weighted by Crippen LogP contribution is 2.29. The van der Waals surface area contributed by atoms with E-state index in [-0.39, 0.29) is 5.75 Å². The van der Waals surface area contributed by atoms with Gasteiger partial charge in [-0.05, 0) is 25.1 Å². The first-order valence-electron chi connectivity index (χ1n) is 5.18. The van der Waals surface area contributed by atoms with Crippen molar-refractivity contribution in [1.29, 1.82) is 0 Å². The molecule has 0 amide bonds. The van der Waals surface area contributed by atoms with E-state index in [4.69, 9.17) is 21.3 Å². The summed E-state index contributed by atoms with van der Waals surface area (Å²) in [5.41, 5.74) is 11.8. The Labute approximate surface area is 104 Å².